The third-order valence-electron chi connectivity index (χ3n) is 6.42. The average Bonchev–Trinajstić information content (AvgIpc) is 3.24. The first-order valence-electron chi connectivity index (χ1n) is 9.52. The van der Waals surface area contributed by atoms with Crippen LogP contribution >= 0.6 is 0 Å². The summed E-state index contributed by atoms with van der Waals surface area (Å²) >= 11 is 0. The van der Waals surface area contributed by atoms with Crippen LogP contribution in [0.25, 0.3) is 0 Å². The van der Waals surface area contributed by atoms with Crippen molar-refractivity contribution < 1.29 is 22.9 Å². The Labute approximate surface area is 151 Å². The highest BCUT2D eigenvalue weighted by Gasteiger charge is 2.41. The lowest BCUT2D eigenvalue weighted by Crippen LogP contribution is -2.50. The molecular formula is C19H25F3N3O+. The number of carbonyl (C=O) groups excluding carboxylic acids is 1. The summed E-state index contributed by atoms with van der Waals surface area (Å²) < 4.78 is 37.9. The van der Waals surface area contributed by atoms with E-state index in [1.807, 2.05) is 9.80 Å². The molecule has 26 heavy (non-hydrogen) atoms. The Bertz CT molecular complexity index is 653. The van der Waals surface area contributed by atoms with Crippen LogP contribution in [-0.4, -0.2) is 37.0 Å². The van der Waals surface area contributed by atoms with Gasteiger partial charge in [-0.15, -0.1) is 0 Å². The average molecular weight is 368 g/mol. The van der Waals surface area contributed by atoms with Crippen LogP contribution in [0.3, 0.4) is 0 Å². The first kappa shape index (κ1) is 17.6. The summed E-state index contributed by atoms with van der Waals surface area (Å²) in [6, 6.07) is 2.56. The van der Waals surface area contributed by atoms with E-state index in [9.17, 15) is 18.0 Å². The van der Waals surface area contributed by atoms with E-state index < -0.39 is 11.7 Å². The van der Waals surface area contributed by atoms with Crippen LogP contribution in [0, 0.1) is 17.8 Å². The van der Waals surface area contributed by atoms with Gasteiger partial charge in [-0.1, -0.05) is 6.42 Å². The first-order chi connectivity index (χ1) is 12.4. The molecule has 0 spiro atoms. The molecule has 0 radical (unpaired) electrons. The van der Waals surface area contributed by atoms with Crippen molar-refractivity contribution in [2.75, 3.05) is 31.1 Å². The molecule has 2 aliphatic carbocycles. The van der Waals surface area contributed by atoms with Gasteiger partial charge in [0.15, 0.2) is 0 Å². The maximum absolute atomic E-state index is 12.6. The summed E-state index contributed by atoms with van der Waals surface area (Å²) in [5.74, 6) is 3.09. The number of fused-ring (bicyclic) bond motifs is 2. The molecule has 3 fully saturated rings. The standard InChI is InChI=1S/C19H24F3N3O/c20-19(21,22)16-3-4-17(23-12-16)24-5-7-25(8-6-24)18(26)11-15-10-13-1-2-14(15)9-13/h3-4,12-15H,1-2,5-11H2/p+1/t13-,14-,15+/m1/s1. The van der Waals surface area contributed by atoms with E-state index in [2.05, 4.69) is 4.98 Å². The van der Waals surface area contributed by atoms with Crippen LogP contribution in [0.15, 0.2) is 18.3 Å². The van der Waals surface area contributed by atoms with Crippen molar-refractivity contribution in [1.29, 1.82) is 0 Å². The van der Waals surface area contributed by atoms with E-state index in [0.29, 0.717) is 44.3 Å². The predicted molar refractivity (Wildman–Crippen MR) is 90.3 cm³/mol. The molecular weight excluding hydrogens is 343 g/mol. The van der Waals surface area contributed by atoms with Crippen molar-refractivity contribution in [1.82, 2.24) is 4.90 Å². The number of amides is 1. The molecule has 1 aromatic heterocycles. The van der Waals surface area contributed by atoms with Gasteiger partial charge in [-0.3, -0.25) is 9.69 Å². The van der Waals surface area contributed by atoms with Gasteiger partial charge < -0.3 is 4.90 Å². The number of pyridine rings is 1. The molecule has 3 atom stereocenters. The zero-order valence-corrected chi connectivity index (χ0v) is 14.8. The van der Waals surface area contributed by atoms with Gasteiger partial charge in [-0.25, -0.2) is 4.98 Å². The SMILES string of the molecule is O=C(C[C@@H]1C[C@@H]2CC[C@@H]1C2)N1CCN(c2ccc(C(F)(F)F)c[nH+]2)CC1. The highest BCUT2D eigenvalue weighted by Crippen LogP contribution is 2.49. The molecule has 1 saturated heterocycles. The maximum atomic E-state index is 12.6. The molecule has 142 valence electrons. The molecule has 4 nitrogen and oxygen atoms in total. The fourth-order valence-electron chi connectivity index (χ4n) is 4.97. The topological polar surface area (TPSA) is 37.7 Å². The normalized spacial score (nSPS) is 28.7. The minimum atomic E-state index is -4.33. The number of hydrogen-bond acceptors (Lipinski definition) is 2. The van der Waals surface area contributed by atoms with Crippen molar-refractivity contribution in [3.05, 3.63) is 23.9 Å². The van der Waals surface area contributed by atoms with Gasteiger partial charge in [0, 0.05) is 12.5 Å². The largest absolute Gasteiger partial charge is 0.419 e. The highest BCUT2D eigenvalue weighted by atomic mass is 19.4. The number of hydrogen-bond donors (Lipinski definition) is 0. The van der Waals surface area contributed by atoms with E-state index in [0.717, 1.165) is 24.1 Å². The molecule has 4 rings (SSSR count). The predicted octanol–water partition coefficient (Wildman–Crippen LogP) is 2.99. The van der Waals surface area contributed by atoms with Gasteiger partial charge >= 0.3 is 6.18 Å². The Hall–Kier alpha value is -1.79. The van der Waals surface area contributed by atoms with Crippen LogP contribution < -0.4 is 9.88 Å². The molecule has 1 aliphatic heterocycles. The summed E-state index contributed by atoms with van der Waals surface area (Å²) in [6.07, 6.45) is 2.51. The molecule has 0 aromatic carbocycles. The summed E-state index contributed by atoms with van der Waals surface area (Å²) in [6.45, 7) is 2.55. The number of carbonyl (C=O) groups is 1. The molecule has 3 aliphatic rings. The van der Waals surface area contributed by atoms with E-state index in [-0.39, 0.29) is 5.91 Å². The van der Waals surface area contributed by atoms with Crippen LogP contribution in [0.2, 0.25) is 0 Å². The zero-order valence-electron chi connectivity index (χ0n) is 14.8. The number of anilines is 1. The van der Waals surface area contributed by atoms with Crippen LogP contribution in [0.1, 0.15) is 37.7 Å². The van der Waals surface area contributed by atoms with Crippen molar-refractivity contribution in [3.8, 4) is 0 Å². The molecule has 0 unspecified atom stereocenters. The van der Waals surface area contributed by atoms with Gasteiger partial charge in [0.1, 0.15) is 19.3 Å². The van der Waals surface area contributed by atoms with E-state index in [4.69, 9.17) is 0 Å². The van der Waals surface area contributed by atoms with Gasteiger partial charge in [-0.05, 0) is 43.1 Å². The van der Waals surface area contributed by atoms with Crippen molar-refractivity contribution in [3.63, 3.8) is 0 Å². The number of nitrogens with one attached hydrogen (secondary N) is 1. The number of rotatable bonds is 3. The Morgan fingerprint density at radius 2 is 1.88 bits per heavy atom. The second-order valence-corrected chi connectivity index (χ2v) is 7.97. The number of aromatic amines is 1. The monoisotopic (exact) mass is 368 g/mol. The Kier molecular flexibility index (Phi) is 4.57. The lowest BCUT2D eigenvalue weighted by molar-refractivity contribution is -0.367. The Morgan fingerprint density at radius 1 is 1.12 bits per heavy atom. The van der Waals surface area contributed by atoms with Crippen molar-refractivity contribution >= 4 is 11.7 Å². The van der Waals surface area contributed by atoms with Gasteiger partial charge in [0.2, 0.25) is 5.91 Å². The smallest absolute Gasteiger partial charge is 0.335 e. The first-order valence-corrected chi connectivity index (χ1v) is 9.52. The second kappa shape index (κ2) is 6.74. The molecule has 1 amide bonds. The third kappa shape index (κ3) is 3.53. The fraction of sp³-hybridized carbons (Fsp3) is 0.684. The minimum absolute atomic E-state index is 0.249. The van der Waals surface area contributed by atoms with Crippen LogP contribution in [-0.2, 0) is 11.0 Å². The number of aromatic nitrogens is 1. The Balaban J connectivity index is 1.29. The molecule has 7 heteroatoms. The highest BCUT2D eigenvalue weighted by molar-refractivity contribution is 5.76. The maximum Gasteiger partial charge on any atom is 0.419 e. The number of alkyl halides is 3. The van der Waals surface area contributed by atoms with Crippen LogP contribution in [0.4, 0.5) is 19.0 Å². The number of H-pyrrole nitrogens is 1. The van der Waals surface area contributed by atoms with Gasteiger partial charge in [-0.2, -0.15) is 13.2 Å². The van der Waals surface area contributed by atoms with Gasteiger partial charge in [0.05, 0.1) is 18.7 Å². The summed E-state index contributed by atoms with van der Waals surface area (Å²) in [5.41, 5.74) is -0.680. The molecule has 1 aromatic rings. The van der Waals surface area contributed by atoms with E-state index in [1.54, 1.807) is 0 Å². The second-order valence-electron chi connectivity index (χ2n) is 7.97. The van der Waals surface area contributed by atoms with Crippen molar-refractivity contribution in [2.45, 2.75) is 38.3 Å². The minimum Gasteiger partial charge on any atom is -0.335 e. The molecule has 2 saturated carbocycles. The molecule has 2 heterocycles. The zero-order chi connectivity index (χ0) is 18.3. The molecule has 1 N–H and O–H groups in total. The summed E-state index contributed by atoms with van der Waals surface area (Å²) in [4.78, 5) is 19.3. The number of nitrogens with zero attached hydrogens (tertiary/aromatic N) is 2. The lowest BCUT2D eigenvalue weighted by Gasteiger charge is -2.32. The summed E-state index contributed by atoms with van der Waals surface area (Å²) in [5, 5.41) is 0. The van der Waals surface area contributed by atoms with Gasteiger partial charge in [0.25, 0.3) is 5.82 Å². The number of piperazine rings is 1. The fourth-order valence-corrected chi connectivity index (χ4v) is 4.97. The lowest BCUT2D eigenvalue weighted by atomic mass is 9.86. The quantitative estimate of drug-likeness (QED) is 0.823. The van der Waals surface area contributed by atoms with Crippen LogP contribution in [0.5, 0.6) is 0 Å². The Morgan fingerprint density at radius 3 is 2.42 bits per heavy atom. The van der Waals surface area contributed by atoms with E-state index in [1.165, 1.54) is 31.7 Å². The molecule has 2 bridgehead atoms. The summed E-state index contributed by atoms with van der Waals surface area (Å²) in [7, 11) is 0. The third-order valence-corrected chi connectivity index (χ3v) is 6.42. The van der Waals surface area contributed by atoms with E-state index >= 15 is 0 Å². The van der Waals surface area contributed by atoms with Crippen molar-refractivity contribution in [2.24, 2.45) is 17.8 Å². The number of halogens is 3.